The molecule has 0 unspecified atom stereocenters. The molecule has 4 nitrogen and oxygen atoms in total. The number of ether oxygens (including phenoxy) is 1. The summed E-state index contributed by atoms with van der Waals surface area (Å²) in [5, 5.41) is 4.37. The minimum atomic E-state index is 0.132. The van der Waals surface area contributed by atoms with Crippen molar-refractivity contribution in [3.05, 3.63) is 77.9 Å². The predicted octanol–water partition coefficient (Wildman–Crippen LogP) is 3.13. The molecule has 0 saturated carbocycles. The second kappa shape index (κ2) is 8.69. The van der Waals surface area contributed by atoms with E-state index in [1.165, 1.54) is 5.56 Å². The fourth-order valence-corrected chi connectivity index (χ4v) is 3.19. The molecule has 0 spiro atoms. The summed E-state index contributed by atoms with van der Waals surface area (Å²) >= 11 is 0. The van der Waals surface area contributed by atoms with Crippen molar-refractivity contribution in [3.8, 4) is 5.75 Å². The Labute approximate surface area is 160 Å². The molecule has 0 aliphatic heterocycles. The number of likely N-dealkylation sites (N-methyl/N-ethyl adjacent to an activating group) is 1. The van der Waals surface area contributed by atoms with E-state index in [4.69, 9.17) is 4.74 Å². The molecule has 0 aliphatic carbocycles. The fraction of sp³-hybridized carbons (Fsp3) is 0.261. The quantitative estimate of drug-likeness (QED) is 0.701. The topological polar surface area (TPSA) is 46.1 Å². The van der Waals surface area contributed by atoms with Crippen molar-refractivity contribution in [1.29, 1.82) is 0 Å². The molecule has 1 amide bonds. The predicted molar refractivity (Wildman–Crippen MR) is 109 cm³/mol. The molecule has 2 N–H and O–H groups in total. The van der Waals surface area contributed by atoms with E-state index < -0.39 is 0 Å². The zero-order valence-corrected chi connectivity index (χ0v) is 16.2. The monoisotopic (exact) mass is 363 g/mol. The summed E-state index contributed by atoms with van der Waals surface area (Å²) in [6.45, 7) is 3.17. The van der Waals surface area contributed by atoms with Crippen molar-refractivity contribution < 1.29 is 14.8 Å². The second-order valence-electron chi connectivity index (χ2n) is 6.94. The first-order chi connectivity index (χ1) is 13.1. The highest BCUT2D eigenvalue weighted by Gasteiger charge is 2.15. The number of amides is 1. The first-order valence-electron chi connectivity index (χ1n) is 9.26. The number of quaternary nitrogens is 1. The van der Waals surface area contributed by atoms with Crippen LogP contribution in [0.15, 0.2) is 66.7 Å². The van der Waals surface area contributed by atoms with Crippen molar-refractivity contribution in [2.45, 2.75) is 19.5 Å². The van der Waals surface area contributed by atoms with Crippen LogP contribution >= 0.6 is 0 Å². The fourth-order valence-electron chi connectivity index (χ4n) is 3.19. The van der Waals surface area contributed by atoms with Crippen LogP contribution in [-0.2, 0) is 11.3 Å². The van der Waals surface area contributed by atoms with E-state index in [0.29, 0.717) is 13.1 Å². The number of methoxy groups -OCH3 is 1. The first-order valence-corrected chi connectivity index (χ1v) is 9.26. The third-order valence-electron chi connectivity index (χ3n) is 4.93. The SMILES string of the molecule is COc1ccc2cc(CN(C)C(=O)C[NH2+][C@H](C)c3ccccc3)ccc2c1. The third kappa shape index (κ3) is 4.86. The van der Waals surface area contributed by atoms with Gasteiger partial charge in [0.05, 0.1) is 7.11 Å². The molecule has 27 heavy (non-hydrogen) atoms. The van der Waals surface area contributed by atoms with Gasteiger partial charge >= 0.3 is 0 Å². The molecule has 3 aromatic carbocycles. The van der Waals surface area contributed by atoms with E-state index >= 15 is 0 Å². The van der Waals surface area contributed by atoms with Crippen molar-refractivity contribution in [1.82, 2.24) is 4.90 Å². The van der Waals surface area contributed by atoms with E-state index in [1.54, 1.807) is 12.0 Å². The van der Waals surface area contributed by atoms with Gasteiger partial charge in [0.2, 0.25) is 0 Å². The van der Waals surface area contributed by atoms with Gasteiger partial charge in [0.1, 0.15) is 11.8 Å². The zero-order valence-electron chi connectivity index (χ0n) is 16.2. The van der Waals surface area contributed by atoms with Crippen LogP contribution < -0.4 is 10.1 Å². The Balaban J connectivity index is 1.58. The number of nitrogens with zero attached hydrogens (tertiary/aromatic N) is 1. The van der Waals surface area contributed by atoms with Crippen molar-refractivity contribution >= 4 is 16.7 Å². The largest absolute Gasteiger partial charge is 0.497 e. The van der Waals surface area contributed by atoms with Crippen molar-refractivity contribution in [2.75, 3.05) is 20.7 Å². The lowest BCUT2D eigenvalue weighted by molar-refractivity contribution is -0.683. The van der Waals surface area contributed by atoms with Gasteiger partial charge in [-0.15, -0.1) is 0 Å². The number of benzene rings is 3. The molecule has 140 valence electrons. The zero-order chi connectivity index (χ0) is 19.2. The Hall–Kier alpha value is -2.85. The van der Waals surface area contributed by atoms with Crippen LogP contribution in [0.5, 0.6) is 5.75 Å². The molecular formula is C23H27N2O2+. The van der Waals surface area contributed by atoms with E-state index in [0.717, 1.165) is 22.1 Å². The average molecular weight is 363 g/mol. The Morgan fingerprint density at radius 1 is 1.04 bits per heavy atom. The summed E-state index contributed by atoms with van der Waals surface area (Å²) in [6, 6.07) is 22.8. The molecule has 0 aliphatic rings. The maximum Gasteiger partial charge on any atom is 0.277 e. The molecule has 0 bridgehead atoms. The lowest BCUT2D eigenvalue weighted by Crippen LogP contribution is -2.86. The Morgan fingerprint density at radius 3 is 2.48 bits per heavy atom. The smallest absolute Gasteiger partial charge is 0.277 e. The van der Waals surface area contributed by atoms with Gasteiger partial charge in [0.25, 0.3) is 5.91 Å². The van der Waals surface area contributed by atoms with E-state index in [-0.39, 0.29) is 11.9 Å². The van der Waals surface area contributed by atoms with E-state index in [9.17, 15) is 4.79 Å². The average Bonchev–Trinajstić information content (AvgIpc) is 2.71. The number of rotatable bonds is 7. The standard InChI is InChI=1S/C23H26N2O2/c1-17(19-7-5-4-6-8-19)24-15-23(26)25(2)16-18-9-10-21-14-22(27-3)12-11-20(21)13-18/h4-14,17,24H,15-16H2,1-3H3/p+1/t17-/m1/s1. The highest BCUT2D eigenvalue weighted by Crippen LogP contribution is 2.22. The first kappa shape index (κ1) is 18.9. The number of carbonyl (C=O) groups is 1. The molecule has 1 atom stereocenters. The summed E-state index contributed by atoms with van der Waals surface area (Å²) in [5.41, 5.74) is 2.36. The highest BCUT2D eigenvalue weighted by molar-refractivity contribution is 5.84. The highest BCUT2D eigenvalue weighted by atomic mass is 16.5. The molecule has 0 fully saturated rings. The summed E-state index contributed by atoms with van der Waals surface area (Å²) in [4.78, 5) is 14.3. The number of nitrogens with two attached hydrogens (primary N) is 1. The maximum absolute atomic E-state index is 12.5. The van der Waals surface area contributed by atoms with Gasteiger partial charge in [0.15, 0.2) is 6.54 Å². The number of carbonyl (C=O) groups excluding carboxylic acids is 1. The second-order valence-corrected chi connectivity index (χ2v) is 6.94. The van der Waals surface area contributed by atoms with Gasteiger partial charge in [0, 0.05) is 19.2 Å². The normalized spacial score (nSPS) is 12.0. The number of hydrogen-bond acceptors (Lipinski definition) is 2. The van der Waals surface area contributed by atoms with E-state index in [2.05, 4.69) is 48.6 Å². The Kier molecular flexibility index (Phi) is 6.09. The lowest BCUT2D eigenvalue weighted by atomic mass is 10.1. The van der Waals surface area contributed by atoms with Gasteiger partial charge < -0.3 is 15.0 Å². The molecule has 0 saturated heterocycles. The van der Waals surface area contributed by atoms with Gasteiger partial charge in [-0.1, -0.05) is 48.5 Å². The van der Waals surface area contributed by atoms with Crippen molar-refractivity contribution in [2.24, 2.45) is 0 Å². The molecule has 0 heterocycles. The summed E-state index contributed by atoms with van der Waals surface area (Å²) < 4.78 is 5.27. The maximum atomic E-state index is 12.5. The van der Waals surface area contributed by atoms with Gasteiger partial charge in [-0.3, -0.25) is 4.79 Å². The van der Waals surface area contributed by atoms with Crippen LogP contribution in [0.4, 0.5) is 0 Å². The molecule has 3 rings (SSSR count). The van der Waals surface area contributed by atoms with Crippen LogP contribution in [0.25, 0.3) is 10.8 Å². The van der Waals surface area contributed by atoms with Crippen molar-refractivity contribution in [3.63, 3.8) is 0 Å². The van der Waals surface area contributed by atoms with Crippen LogP contribution in [0.3, 0.4) is 0 Å². The molecular weight excluding hydrogens is 336 g/mol. The van der Waals surface area contributed by atoms with Gasteiger partial charge in [-0.05, 0) is 41.5 Å². The van der Waals surface area contributed by atoms with E-state index in [1.807, 2.05) is 37.4 Å². The van der Waals surface area contributed by atoms with Crippen LogP contribution in [-0.4, -0.2) is 31.5 Å². The van der Waals surface area contributed by atoms with Gasteiger partial charge in [-0.2, -0.15) is 0 Å². The summed E-state index contributed by atoms with van der Waals surface area (Å²) in [5.74, 6) is 0.984. The van der Waals surface area contributed by atoms with Crippen LogP contribution in [0, 0.1) is 0 Å². The summed E-state index contributed by atoms with van der Waals surface area (Å²) in [6.07, 6.45) is 0. The lowest BCUT2D eigenvalue weighted by Gasteiger charge is -2.18. The van der Waals surface area contributed by atoms with Crippen LogP contribution in [0.2, 0.25) is 0 Å². The minimum absolute atomic E-state index is 0.132. The molecule has 4 heteroatoms. The number of hydrogen-bond donors (Lipinski definition) is 1. The Bertz CT molecular complexity index is 909. The van der Waals surface area contributed by atoms with Crippen LogP contribution in [0.1, 0.15) is 24.1 Å². The number of fused-ring (bicyclic) bond motifs is 1. The summed E-state index contributed by atoms with van der Waals surface area (Å²) in [7, 11) is 3.54. The Morgan fingerprint density at radius 2 is 1.74 bits per heavy atom. The van der Waals surface area contributed by atoms with Gasteiger partial charge in [-0.25, -0.2) is 0 Å². The third-order valence-corrected chi connectivity index (χ3v) is 4.93. The molecule has 0 aromatic heterocycles. The molecule has 3 aromatic rings. The molecule has 0 radical (unpaired) electrons. The minimum Gasteiger partial charge on any atom is -0.497 e.